The van der Waals surface area contributed by atoms with E-state index in [9.17, 15) is 9.90 Å². The van der Waals surface area contributed by atoms with Crippen LogP contribution in [0.3, 0.4) is 0 Å². The van der Waals surface area contributed by atoms with Crippen molar-refractivity contribution >= 4 is 5.91 Å². The Morgan fingerprint density at radius 1 is 1.00 bits per heavy atom. The molecule has 31 heavy (non-hydrogen) atoms. The molecule has 0 radical (unpaired) electrons. The molecule has 2 aliphatic rings. The highest BCUT2D eigenvalue weighted by Crippen LogP contribution is 2.51. The fourth-order valence-electron chi connectivity index (χ4n) is 5.34. The van der Waals surface area contributed by atoms with Crippen LogP contribution < -0.4 is 14.2 Å². The van der Waals surface area contributed by atoms with E-state index in [0.717, 1.165) is 31.2 Å². The zero-order valence-corrected chi connectivity index (χ0v) is 18.5. The fraction of sp³-hybridized carbons (Fsp3) is 0.480. The Labute approximate surface area is 183 Å². The lowest BCUT2D eigenvalue weighted by Gasteiger charge is -2.52. The third-order valence-electron chi connectivity index (χ3n) is 6.88. The largest absolute Gasteiger partial charge is 0.493 e. The summed E-state index contributed by atoms with van der Waals surface area (Å²) in [6, 6.07) is 12.9. The molecule has 6 nitrogen and oxygen atoms in total. The minimum absolute atomic E-state index is 0.0213. The average Bonchev–Trinajstić information content (AvgIpc) is 2.82. The van der Waals surface area contributed by atoms with Gasteiger partial charge in [-0.25, -0.2) is 0 Å². The molecule has 3 atom stereocenters. The average molecular weight is 426 g/mol. The number of ether oxygens (including phenoxy) is 3. The molecule has 0 aromatic heterocycles. The molecule has 2 aromatic carbocycles. The lowest BCUT2D eigenvalue weighted by molar-refractivity contribution is -0.115. The maximum absolute atomic E-state index is 13.6. The van der Waals surface area contributed by atoms with Crippen LogP contribution in [-0.2, 0) is 0 Å². The molecule has 0 unspecified atom stereocenters. The number of methoxy groups -OCH3 is 3. The minimum atomic E-state index is -0.767. The summed E-state index contributed by atoms with van der Waals surface area (Å²) in [4.78, 5) is 15.5. The summed E-state index contributed by atoms with van der Waals surface area (Å²) < 4.78 is 16.7. The van der Waals surface area contributed by atoms with E-state index in [4.69, 9.17) is 14.2 Å². The number of piperidine rings is 1. The molecule has 1 amide bonds. The van der Waals surface area contributed by atoms with E-state index in [-0.39, 0.29) is 17.9 Å². The number of rotatable bonds is 5. The van der Waals surface area contributed by atoms with Gasteiger partial charge in [0.1, 0.15) is 0 Å². The van der Waals surface area contributed by atoms with E-state index in [0.29, 0.717) is 35.8 Å². The van der Waals surface area contributed by atoms with Crippen molar-refractivity contribution in [2.24, 2.45) is 5.92 Å². The third-order valence-corrected chi connectivity index (χ3v) is 6.88. The van der Waals surface area contributed by atoms with Gasteiger partial charge in [-0.2, -0.15) is 0 Å². The van der Waals surface area contributed by atoms with E-state index in [1.54, 1.807) is 21.3 Å². The summed E-state index contributed by atoms with van der Waals surface area (Å²) in [5.41, 5.74) is 0.779. The Morgan fingerprint density at radius 2 is 1.68 bits per heavy atom. The smallest absolute Gasteiger partial charge is 0.254 e. The highest BCUT2D eigenvalue weighted by molar-refractivity contribution is 5.94. The standard InChI is InChI=1S/C25H31NO5/c1-29-20-15-18(16-21(30-2)23(20)31-3)22-19-11-7-8-12-25(19,28)13-14-26(22)24(27)17-9-5-4-6-10-17/h4-6,9-10,15-16,19,22,28H,7-8,11-14H2,1-3H3/t19-,22-,25-/m1/s1. The Kier molecular flexibility index (Phi) is 6.10. The monoisotopic (exact) mass is 425 g/mol. The van der Waals surface area contributed by atoms with Crippen molar-refractivity contribution in [3.8, 4) is 17.2 Å². The van der Waals surface area contributed by atoms with Crippen LogP contribution in [-0.4, -0.2) is 49.4 Å². The molecule has 1 heterocycles. The van der Waals surface area contributed by atoms with Crippen LogP contribution in [0.15, 0.2) is 42.5 Å². The maximum atomic E-state index is 13.6. The van der Waals surface area contributed by atoms with E-state index in [2.05, 4.69) is 0 Å². The van der Waals surface area contributed by atoms with Gasteiger partial charge in [0.15, 0.2) is 11.5 Å². The first-order valence-electron chi connectivity index (χ1n) is 10.9. The van der Waals surface area contributed by atoms with Crippen molar-refractivity contribution in [1.29, 1.82) is 0 Å². The number of fused-ring (bicyclic) bond motifs is 1. The Bertz CT molecular complexity index is 906. The lowest BCUT2D eigenvalue weighted by Crippen LogP contribution is -2.56. The highest BCUT2D eigenvalue weighted by atomic mass is 16.5. The zero-order valence-electron chi connectivity index (χ0n) is 18.5. The molecule has 2 aromatic rings. The number of likely N-dealkylation sites (tertiary alicyclic amines) is 1. The molecule has 1 saturated heterocycles. The predicted octanol–water partition coefficient (Wildman–Crippen LogP) is 4.22. The molecule has 1 aliphatic heterocycles. The van der Waals surface area contributed by atoms with Gasteiger partial charge in [0.2, 0.25) is 5.75 Å². The number of amides is 1. The van der Waals surface area contributed by atoms with Crippen LogP contribution in [0.2, 0.25) is 0 Å². The second kappa shape index (κ2) is 8.79. The van der Waals surface area contributed by atoms with Crippen molar-refractivity contribution < 1.29 is 24.1 Å². The predicted molar refractivity (Wildman–Crippen MR) is 118 cm³/mol. The van der Waals surface area contributed by atoms with Crippen molar-refractivity contribution in [2.45, 2.75) is 43.7 Å². The summed E-state index contributed by atoms with van der Waals surface area (Å²) in [7, 11) is 4.75. The Hall–Kier alpha value is -2.73. The number of hydrogen-bond donors (Lipinski definition) is 1. The van der Waals surface area contributed by atoms with Gasteiger partial charge in [-0.1, -0.05) is 31.0 Å². The van der Waals surface area contributed by atoms with Crippen LogP contribution in [0.25, 0.3) is 0 Å². The first kappa shape index (κ1) is 21.5. The van der Waals surface area contributed by atoms with Crippen LogP contribution in [0.1, 0.15) is 54.1 Å². The molecule has 1 saturated carbocycles. The molecular weight excluding hydrogens is 394 g/mol. The Morgan fingerprint density at radius 3 is 2.29 bits per heavy atom. The van der Waals surface area contributed by atoms with Crippen LogP contribution >= 0.6 is 0 Å². The summed E-state index contributed by atoms with van der Waals surface area (Å²) in [5.74, 6) is 1.55. The van der Waals surface area contributed by atoms with Gasteiger partial charge in [0.25, 0.3) is 5.91 Å². The van der Waals surface area contributed by atoms with Gasteiger partial charge < -0.3 is 24.2 Å². The SMILES string of the molecule is COc1cc([C@@H]2[C@H]3CCCC[C@@]3(O)CCN2C(=O)c2ccccc2)cc(OC)c1OC. The van der Waals surface area contributed by atoms with Gasteiger partial charge in [-0.05, 0) is 49.1 Å². The Balaban J connectivity index is 1.83. The van der Waals surface area contributed by atoms with Crippen LogP contribution in [0, 0.1) is 5.92 Å². The van der Waals surface area contributed by atoms with Crippen molar-refractivity contribution in [1.82, 2.24) is 4.90 Å². The van der Waals surface area contributed by atoms with E-state index < -0.39 is 5.60 Å². The van der Waals surface area contributed by atoms with E-state index in [1.807, 2.05) is 47.4 Å². The number of benzene rings is 2. The molecular formula is C25H31NO5. The molecule has 0 spiro atoms. The number of hydrogen-bond acceptors (Lipinski definition) is 5. The second-order valence-corrected chi connectivity index (χ2v) is 8.47. The maximum Gasteiger partial charge on any atom is 0.254 e. The van der Waals surface area contributed by atoms with Gasteiger partial charge >= 0.3 is 0 Å². The third kappa shape index (κ3) is 3.85. The number of carbonyl (C=O) groups excluding carboxylic acids is 1. The summed E-state index contributed by atoms with van der Waals surface area (Å²) in [6.07, 6.45) is 4.29. The summed E-state index contributed by atoms with van der Waals surface area (Å²) >= 11 is 0. The molecule has 0 bridgehead atoms. The second-order valence-electron chi connectivity index (χ2n) is 8.47. The van der Waals surface area contributed by atoms with Crippen molar-refractivity contribution in [2.75, 3.05) is 27.9 Å². The molecule has 1 aliphatic carbocycles. The fourth-order valence-corrected chi connectivity index (χ4v) is 5.34. The van der Waals surface area contributed by atoms with Gasteiger partial charge in [0.05, 0.1) is 33.0 Å². The first-order valence-corrected chi connectivity index (χ1v) is 10.9. The van der Waals surface area contributed by atoms with Crippen molar-refractivity contribution in [3.63, 3.8) is 0 Å². The zero-order chi connectivity index (χ0) is 22.0. The molecule has 166 valence electrons. The van der Waals surface area contributed by atoms with E-state index >= 15 is 0 Å². The normalized spacial score (nSPS) is 25.5. The molecule has 2 fully saturated rings. The first-order chi connectivity index (χ1) is 15.0. The lowest BCUT2D eigenvalue weighted by atomic mass is 9.66. The van der Waals surface area contributed by atoms with Crippen LogP contribution in [0.4, 0.5) is 0 Å². The molecule has 1 N–H and O–H groups in total. The van der Waals surface area contributed by atoms with Gasteiger partial charge in [0, 0.05) is 18.0 Å². The van der Waals surface area contributed by atoms with Crippen LogP contribution in [0.5, 0.6) is 17.2 Å². The highest BCUT2D eigenvalue weighted by Gasteiger charge is 2.50. The number of carbonyl (C=O) groups is 1. The number of aliphatic hydroxyl groups is 1. The molecule has 4 rings (SSSR count). The van der Waals surface area contributed by atoms with E-state index in [1.165, 1.54) is 0 Å². The number of nitrogens with zero attached hydrogens (tertiary/aromatic N) is 1. The molecule has 6 heteroatoms. The van der Waals surface area contributed by atoms with Gasteiger partial charge in [-0.3, -0.25) is 4.79 Å². The quantitative estimate of drug-likeness (QED) is 0.777. The van der Waals surface area contributed by atoms with Gasteiger partial charge in [-0.15, -0.1) is 0 Å². The summed E-state index contributed by atoms with van der Waals surface area (Å²) in [6.45, 7) is 0.502. The topological polar surface area (TPSA) is 68.2 Å². The summed E-state index contributed by atoms with van der Waals surface area (Å²) in [5, 5.41) is 11.5. The minimum Gasteiger partial charge on any atom is -0.493 e. The van der Waals surface area contributed by atoms with Crippen molar-refractivity contribution in [3.05, 3.63) is 53.6 Å².